The van der Waals surface area contributed by atoms with E-state index in [0.717, 1.165) is 29.7 Å². The monoisotopic (exact) mass is 324 g/mol. The zero-order valence-electron chi connectivity index (χ0n) is 13.8. The number of carbonyl (C=O) groups is 1. The highest BCUT2D eigenvalue weighted by Crippen LogP contribution is 2.17. The molecule has 0 bridgehead atoms. The zero-order chi connectivity index (χ0) is 17.1. The smallest absolute Gasteiger partial charge is 0.248 e. The number of ether oxygens (including phenoxy) is 1. The van der Waals surface area contributed by atoms with Gasteiger partial charge in [-0.05, 0) is 61.4 Å². The lowest BCUT2D eigenvalue weighted by Crippen LogP contribution is -2.10. The van der Waals surface area contributed by atoms with Crippen LogP contribution in [0.4, 0.5) is 0 Å². The van der Waals surface area contributed by atoms with Crippen LogP contribution in [0, 0.1) is 13.8 Å². The number of nitrogens with zero attached hydrogens (tertiary/aromatic N) is 3. The number of hydrogen-bond acceptors (Lipinski definition) is 4. The molecule has 24 heavy (non-hydrogen) atoms. The molecule has 0 aliphatic rings. The van der Waals surface area contributed by atoms with E-state index < -0.39 is 5.91 Å². The second kappa shape index (κ2) is 6.70. The van der Waals surface area contributed by atoms with Crippen LogP contribution < -0.4 is 10.5 Å². The van der Waals surface area contributed by atoms with Crippen molar-refractivity contribution in [2.45, 2.75) is 26.8 Å². The second-order valence-corrected chi connectivity index (χ2v) is 5.83. The molecule has 0 saturated heterocycles. The average molecular weight is 324 g/mol. The van der Waals surface area contributed by atoms with Crippen LogP contribution in [-0.4, -0.2) is 27.5 Å². The number of nitrogens with two attached hydrogens (primary N) is 1. The van der Waals surface area contributed by atoms with Crippen molar-refractivity contribution in [1.29, 1.82) is 0 Å². The number of amides is 1. The quantitative estimate of drug-likeness (QED) is 0.707. The molecule has 3 aromatic rings. The van der Waals surface area contributed by atoms with E-state index in [1.807, 2.05) is 4.68 Å². The van der Waals surface area contributed by atoms with Gasteiger partial charge in [-0.25, -0.2) is 4.68 Å². The predicted molar refractivity (Wildman–Crippen MR) is 92.1 cm³/mol. The molecule has 0 atom stereocenters. The van der Waals surface area contributed by atoms with Gasteiger partial charge in [0.15, 0.2) is 0 Å². The number of aromatic nitrogens is 3. The van der Waals surface area contributed by atoms with Crippen molar-refractivity contribution in [3.63, 3.8) is 0 Å². The van der Waals surface area contributed by atoms with Crippen molar-refractivity contribution in [1.82, 2.24) is 15.0 Å². The molecule has 2 N–H and O–H groups in total. The maximum atomic E-state index is 11.0. The minimum atomic E-state index is -0.440. The first-order valence-electron chi connectivity index (χ1n) is 7.88. The lowest BCUT2D eigenvalue weighted by Gasteiger charge is -2.07. The Kier molecular flexibility index (Phi) is 4.46. The Hall–Kier alpha value is -2.89. The number of hydrogen-bond donors (Lipinski definition) is 1. The highest BCUT2D eigenvalue weighted by atomic mass is 16.5. The summed E-state index contributed by atoms with van der Waals surface area (Å²) >= 11 is 0. The Morgan fingerprint density at radius 2 is 1.88 bits per heavy atom. The topological polar surface area (TPSA) is 83.0 Å². The first-order chi connectivity index (χ1) is 11.5. The van der Waals surface area contributed by atoms with Crippen LogP contribution in [0.2, 0.25) is 0 Å². The van der Waals surface area contributed by atoms with Crippen molar-refractivity contribution < 1.29 is 9.53 Å². The van der Waals surface area contributed by atoms with Crippen LogP contribution in [-0.2, 0) is 6.54 Å². The van der Waals surface area contributed by atoms with E-state index >= 15 is 0 Å². The Morgan fingerprint density at radius 1 is 1.17 bits per heavy atom. The van der Waals surface area contributed by atoms with Gasteiger partial charge < -0.3 is 10.5 Å². The molecule has 0 saturated carbocycles. The summed E-state index contributed by atoms with van der Waals surface area (Å²) in [7, 11) is 0. The van der Waals surface area contributed by atoms with E-state index in [-0.39, 0.29) is 0 Å². The van der Waals surface area contributed by atoms with Crippen molar-refractivity contribution in [3.05, 3.63) is 53.1 Å². The summed E-state index contributed by atoms with van der Waals surface area (Å²) in [5, 5.41) is 8.42. The number of aryl methyl sites for hydroxylation is 3. The highest BCUT2D eigenvalue weighted by molar-refractivity contribution is 5.92. The third kappa shape index (κ3) is 3.37. The fourth-order valence-corrected chi connectivity index (χ4v) is 2.51. The van der Waals surface area contributed by atoms with E-state index in [1.165, 1.54) is 11.1 Å². The maximum Gasteiger partial charge on any atom is 0.248 e. The molecule has 1 aromatic heterocycles. The van der Waals surface area contributed by atoms with Gasteiger partial charge in [0.25, 0.3) is 0 Å². The molecule has 0 radical (unpaired) electrons. The standard InChI is InChI=1S/C18H20N4O2/c1-12-10-16-17(11-13(12)2)22(21-20-16)8-3-9-24-15-6-4-14(5-7-15)18(19)23/h4-7,10-11H,3,8-9H2,1-2H3,(H2,19,23). The maximum absolute atomic E-state index is 11.0. The van der Waals surface area contributed by atoms with Crippen LogP contribution in [0.15, 0.2) is 36.4 Å². The Balaban J connectivity index is 1.57. The van der Waals surface area contributed by atoms with Gasteiger partial charge in [-0.1, -0.05) is 5.21 Å². The molecule has 2 aromatic carbocycles. The molecule has 124 valence electrons. The Morgan fingerprint density at radius 3 is 2.58 bits per heavy atom. The first kappa shape index (κ1) is 16.0. The number of fused-ring (bicyclic) bond motifs is 1. The van der Waals surface area contributed by atoms with Gasteiger partial charge in [0, 0.05) is 18.5 Å². The van der Waals surface area contributed by atoms with E-state index in [9.17, 15) is 4.79 Å². The van der Waals surface area contributed by atoms with Gasteiger partial charge in [0.1, 0.15) is 11.3 Å². The molecular formula is C18H20N4O2. The van der Waals surface area contributed by atoms with Crippen molar-refractivity contribution >= 4 is 16.9 Å². The minimum absolute atomic E-state index is 0.440. The molecule has 0 aliphatic carbocycles. The van der Waals surface area contributed by atoms with Crippen molar-refractivity contribution in [2.24, 2.45) is 5.73 Å². The van der Waals surface area contributed by atoms with Gasteiger partial charge >= 0.3 is 0 Å². The number of rotatable bonds is 6. The summed E-state index contributed by atoms with van der Waals surface area (Å²) in [6.45, 7) is 5.45. The lowest BCUT2D eigenvalue weighted by atomic mass is 10.1. The molecule has 0 spiro atoms. The van der Waals surface area contributed by atoms with Gasteiger partial charge in [-0.3, -0.25) is 4.79 Å². The predicted octanol–water partition coefficient (Wildman–Crippen LogP) is 2.62. The van der Waals surface area contributed by atoms with Gasteiger partial charge in [0.2, 0.25) is 5.91 Å². The third-order valence-corrected chi connectivity index (χ3v) is 4.05. The number of primary amides is 1. The van der Waals surface area contributed by atoms with Crippen molar-refractivity contribution in [3.8, 4) is 5.75 Å². The molecular weight excluding hydrogens is 304 g/mol. The SMILES string of the molecule is Cc1cc2nnn(CCCOc3ccc(C(N)=O)cc3)c2cc1C. The number of carbonyl (C=O) groups excluding carboxylic acids is 1. The molecule has 3 rings (SSSR count). The van der Waals surface area contributed by atoms with E-state index in [2.05, 4.69) is 36.3 Å². The van der Waals surface area contributed by atoms with Crippen LogP contribution in [0.3, 0.4) is 0 Å². The summed E-state index contributed by atoms with van der Waals surface area (Å²) in [6, 6.07) is 11.0. The zero-order valence-corrected chi connectivity index (χ0v) is 13.8. The summed E-state index contributed by atoms with van der Waals surface area (Å²) < 4.78 is 7.58. The van der Waals surface area contributed by atoms with E-state index in [4.69, 9.17) is 10.5 Å². The first-order valence-corrected chi connectivity index (χ1v) is 7.88. The normalized spacial score (nSPS) is 10.9. The molecule has 0 fully saturated rings. The summed E-state index contributed by atoms with van der Waals surface area (Å²) in [6.07, 6.45) is 0.808. The third-order valence-electron chi connectivity index (χ3n) is 4.05. The average Bonchev–Trinajstić information content (AvgIpc) is 2.94. The Labute approximate surface area is 140 Å². The summed E-state index contributed by atoms with van der Waals surface area (Å²) in [5.74, 6) is 0.278. The largest absolute Gasteiger partial charge is 0.494 e. The summed E-state index contributed by atoms with van der Waals surface area (Å²) in [4.78, 5) is 11.0. The molecule has 6 nitrogen and oxygen atoms in total. The van der Waals surface area contributed by atoms with E-state index in [0.29, 0.717) is 12.2 Å². The number of benzene rings is 2. The second-order valence-electron chi connectivity index (χ2n) is 5.83. The molecule has 1 amide bonds. The van der Waals surface area contributed by atoms with Gasteiger partial charge in [-0.15, -0.1) is 5.10 Å². The van der Waals surface area contributed by atoms with Crippen LogP contribution >= 0.6 is 0 Å². The van der Waals surface area contributed by atoms with Gasteiger partial charge in [-0.2, -0.15) is 0 Å². The molecule has 0 aliphatic heterocycles. The highest BCUT2D eigenvalue weighted by Gasteiger charge is 2.06. The minimum Gasteiger partial charge on any atom is -0.494 e. The fraction of sp³-hybridized carbons (Fsp3) is 0.278. The van der Waals surface area contributed by atoms with Crippen LogP contribution in [0.5, 0.6) is 5.75 Å². The molecule has 6 heteroatoms. The van der Waals surface area contributed by atoms with Crippen molar-refractivity contribution in [2.75, 3.05) is 6.61 Å². The fourth-order valence-electron chi connectivity index (χ4n) is 2.51. The molecule has 1 heterocycles. The lowest BCUT2D eigenvalue weighted by molar-refractivity contribution is 0.100. The molecule has 0 unspecified atom stereocenters. The van der Waals surface area contributed by atoms with Crippen LogP contribution in [0.1, 0.15) is 27.9 Å². The summed E-state index contributed by atoms with van der Waals surface area (Å²) in [5.41, 5.74) is 10.1. The van der Waals surface area contributed by atoms with E-state index in [1.54, 1.807) is 24.3 Å². The van der Waals surface area contributed by atoms with Gasteiger partial charge in [0.05, 0.1) is 12.1 Å². The van der Waals surface area contributed by atoms with Crippen LogP contribution in [0.25, 0.3) is 11.0 Å². The Bertz CT molecular complexity index is 869.